The fraction of sp³-hybridized carbons (Fsp3) is 0.500. The fourth-order valence-electron chi connectivity index (χ4n) is 1.61. The maximum Gasteiger partial charge on any atom is 0.154 e. The first-order chi connectivity index (χ1) is 7.06. The second-order valence-corrected chi connectivity index (χ2v) is 3.92. The summed E-state index contributed by atoms with van der Waals surface area (Å²) in [7, 11) is 3.83. The van der Waals surface area contributed by atoms with Gasteiger partial charge < -0.3 is 0 Å². The first-order valence-corrected chi connectivity index (χ1v) is 5.18. The van der Waals surface area contributed by atoms with Gasteiger partial charge in [0.2, 0.25) is 0 Å². The van der Waals surface area contributed by atoms with E-state index >= 15 is 0 Å². The van der Waals surface area contributed by atoms with Gasteiger partial charge in [0.25, 0.3) is 0 Å². The molecule has 0 amide bonds. The Morgan fingerprint density at radius 1 is 1.47 bits per heavy atom. The largest absolute Gasteiger partial charge is 0.298 e. The maximum atomic E-state index is 11.8. The van der Waals surface area contributed by atoms with Crippen molar-refractivity contribution in [2.24, 2.45) is 0 Å². The molecule has 0 aliphatic heterocycles. The molecule has 82 valence electrons. The smallest absolute Gasteiger partial charge is 0.154 e. The molecule has 1 aromatic rings. The molecule has 0 N–H and O–H groups in total. The number of carbonyl (C=O) groups excluding carboxylic acids is 1. The summed E-state index contributed by atoms with van der Waals surface area (Å²) < 4.78 is 0. The fourth-order valence-corrected chi connectivity index (χ4v) is 1.61. The Morgan fingerprint density at radius 3 is 2.53 bits per heavy atom. The second-order valence-electron chi connectivity index (χ2n) is 3.92. The number of likely N-dealkylation sites (N-methyl/N-ethyl adjacent to an activating group) is 1. The minimum atomic E-state index is -0.164. The molecule has 0 aliphatic carbocycles. The van der Waals surface area contributed by atoms with E-state index in [-0.39, 0.29) is 11.8 Å². The van der Waals surface area contributed by atoms with E-state index in [1.54, 1.807) is 6.20 Å². The molecule has 0 bridgehead atoms. The molecule has 0 fully saturated rings. The van der Waals surface area contributed by atoms with E-state index in [4.69, 9.17) is 0 Å². The van der Waals surface area contributed by atoms with E-state index in [0.29, 0.717) is 6.42 Å². The van der Waals surface area contributed by atoms with Crippen LogP contribution < -0.4 is 0 Å². The van der Waals surface area contributed by atoms with Crippen LogP contribution in [0.1, 0.15) is 30.6 Å². The van der Waals surface area contributed by atoms with Gasteiger partial charge in [0.1, 0.15) is 0 Å². The van der Waals surface area contributed by atoms with Gasteiger partial charge in [0.05, 0.1) is 6.04 Å². The van der Waals surface area contributed by atoms with Crippen molar-refractivity contribution in [2.75, 3.05) is 14.1 Å². The molecule has 1 atom stereocenters. The molecule has 1 aromatic heterocycles. The van der Waals surface area contributed by atoms with Gasteiger partial charge in [-0.15, -0.1) is 0 Å². The molecular weight excluding hydrogens is 188 g/mol. The van der Waals surface area contributed by atoms with E-state index in [2.05, 4.69) is 4.98 Å². The van der Waals surface area contributed by atoms with Crippen LogP contribution in [0.5, 0.6) is 0 Å². The number of rotatable bonds is 4. The summed E-state index contributed by atoms with van der Waals surface area (Å²) in [5.41, 5.74) is 1.94. The Balaban J connectivity index is 2.99. The molecule has 0 saturated heterocycles. The van der Waals surface area contributed by atoms with Crippen LogP contribution in [0.15, 0.2) is 18.3 Å². The molecule has 0 radical (unpaired) electrons. The molecule has 0 aromatic carbocycles. The van der Waals surface area contributed by atoms with E-state index in [1.165, 1.54) is 0 Å². The molecule has 1 unspecified atom stereocenters. The molecule has 1 heterocycles. The lowest BCUT2D eigenvalue weighted by atomic mass is 10.0. The molecule has 15 heavy (non-hydrogen) atoms. The Morgan fingerprint density at radius 2 is 2.13 bits per heavy atom. The van der Waals surface area contributed by atoms with Crippen molar-refractivity contribution in [3.05, 3.63) is 29.6 Å². The average Bonchev–Trinajstić information content (AvgIpc) is 2.20. The lowest BCUT2D eigenvalue weighted by molar-refractivity contribution is -0.123. The van der Waals surface area contributed by atoms with Crippen LogP contribution >= 0.6 is 0 Å². The first kappa shape index (κ1) is 11.9. The minimum Gasteiger partial charge on any atom is -0.298 e. The zero-order valence-corrected chi connectivity index (χ0v) is 9.82. The maximum absolute atomic E-state index is 11.8. The summed E-state index contributed by atoms with van der Waals surface area (Å²) >= 11 is 0. The van der Waals surface area contributed by atoms with Crippen molar-refractivity contribution >= 4 is 5.78 Å². The van der Waals surface area contributed by atoms with Crippen molar-refractivity contribution in [3.63, 3.8) is 0 Å². The average molecular weight is 206 g/mol. The van der Waals surface area contributed by atoms with Crippen LogP contribution in [0.25, 0.3) is 0 Å². The number of aromatic nitrogens is 1. The summed E-state index contributed by atoms with van der Waals surface area (Å²) in [6, 6.07) is 3.75. The molecule has 0 saturated carbocycles. The van der Waals surface area contributed by atoms with Crippen molar-refractivity contribution in [2.45, 2.75) is 26.3 Å². The van der Waals surface area contributed by atoms with Crippen molar-refractivity contribution < 1.29 is 4.79 Å². The quantitative estimate of drug-likeness (QED) is 0.755. The number of ketones is 1. The van der Waals surface area contributed by atoms with Crippen LogP contribution in [0.3, 0.4) is 0 Å². The minimum absolute atomic E-state index is 0.164. The van der Waals surface area contributed by atoms with Crippen LogP contribution in [0.2, 0.25) is 0 Å². The molecule has 1 rings (SSSR count). The predicted molar refractivity (Wildman–Crippen MR) is 60.7 cm³/mol. The van der Waals surface area contributed by atoms with Crippen LogP contribution in [-0.2, 0) is 4.79 Å². The zero-order valence-electron chi connectivity index (χ0n) is 9.82. The highest BCUT2D eigenvalue weighted by Crippen LogP contribution is 2.19. The molecular formula is C12H18N2O. The highest BCUT2D eigenvalue weighted by atomic mass is 16.1. The van der Waals surface area contributed by atoms with E-state index < -0.39 is 0 Å². The number of hydrogen-bond acceptors (Lipinski definition) is 3. The number of hydrogen-bond donors (Lipinski definition) is 0. The lowest BCUT2D eigenvalue weighted by Gasteiger charge is -2.22. The summed E-state index contributed by atoms with van der Waals surface area (Å²) in [5, 5.41) is 0. The Hall–Kier alpha value is -1.22. The van der Waals surface area contributed by atoms with Gasteiger partial charge in [-0.1, -0.05) is 13.0 Å². The third-order valence-corrected chi connectivity index (χ3v) is 2.42. The van der Waals surface area contributed by atoms with Gasteiger partial charge in [-0.2, -0.15) is 0 Å². The number of Topliss-reactive ketones (excluding diaryl/α,β-unsaturated/α-hetero) is 1. The van der Waals surface area contributed by atoms with Gasteiger partial charge in [-0.3, -0.25) is 14.7 Å². The summed E-state index contributed by atoms with van der Waals surface area (Å²) in [4.78, 5) is 17.9. The number of aryl methyl sites for hydroxylation is 1. The summed E-state index contributed by atoms with van der Waals surface area (Å²) in [6.45, 7) is 3.83. The zero-order chi connectivity index (χ0) is 11.4. The predicted octanol–water partition coefficient (Wildman–Crippen LogP) is 1.97. The van der Waals surface area contributed by atoms with Gasteiger partial charge in [0.15, 0.2) is 5.78 Å². The first-order valence-electron chi connectivity index (χ1n) is 5.18. The van der Waals surface area contributed by atoms with Crippen LogP contribution in [0, 0.1) is 6.92 Å². The van der Waals surface area contributed by atoms with E-state index in [0.717, 1.165) is 11.3 Å². The Kier molecular flexibility index (Phi) is 3.97. The molecule has 0 spiro atoms. The second kappa shape index (κ2) is 5.03. The monoisotopic (exact) mass is 206 g/mol. The van der Waals surface area contributed by atoms with Gasteiger partial charge in [-0.25, -0.2) is 0 Å². The SMILES string of the molecule is CCC(=O)C(c1ccc(C)nc1)N(C)C. The number of pyridine rings is 1. The molecule has 0 aliphatic rings. The van der Waals surface area contributed by atoms with Crippen molar-refractivity contribution in [1.29, 1.82) is 0 Å². The molecule has 3 nitrogen and oxygen atoms in total. The summed E-state index contributed by atoms with van der Waals surface area (Å²) in [5.74, 6) is 0.227. The summed E-state index contributed by atoms with van der Waals surface area (Å²) in [6.07, 6.45) is 2.34. The van der Waals surface area contributed by atoms with Crippen LogP contribution in [0.4, 0.5) is 0 Å². The van der Waals surface area contributed by atoms with Crippen molar-refractivity contribution in [1.82, 2.24) is 9.88 Å². The van der Waals surface area contributed by atoms with Gasteiger partial charge in [0, 0.05) is 18.3 Å². The number of carbonyl (C=O) groups is 1. The van der Waals surface area contributed by atoms with Crippen molar-refractivity contribution in [3.8, 4) is 0 Å². The van der Waals surface area contributed by atoms with Crippen LogP contribution in [-0.4, -0.2) is 29.8 Å². The standard InChI is InChI=1S/C12H18N2O/c1-5-11(15)12(14(3)4)10-7-6-9(2)13-8-10/h6-8,12H,5H2,1-4H3. The van der Waals surface area contributed by atoms with Gasteiger partial charge in [-0.05, 0) is 32.6 Å². The third-order valence-electron chi connectivity index (χ3n) is 2.42. The van der Waals surface area contributed by atoms with Gasteiger partial charge >= 0.3 is 0 Å². The highest BCUT2D eigenvalue weighted by Gasteiger charge is 2.20. The van der Waals surface area contributed by atoms with E-state index in [9.17, 15) is 4.79 Å². The Labute approximate surface area is 91.1 Å². The topological polar surface area (TPSA) is 33.2 Å². The normalized spacial score (nSPS) is 12.9. The number of nitrogens with zero attached hydrogens (tertiary/aromatic N) is 2. The Bertz CT molecular complexity index is 330. The highest BCUT2D eigenvalue weighted by molar-refractivity contribution is 5.84. The third kappa shape index (κ3) is 2.86. The lowest BCUT2D eigenvalue weighted by Crippen LogP contribution is -2.27. The van der Waals surface area contributed by atoms with E-state index in [1.807, 2.05) is 45.0 Å². The molecule has 3 heteroatoms.